The number of aromatic nitrogens is 3. The molecule has 0 spiro atoms. The number of carbonyl (C=O) groups is 1. The SMILES string of the molecule is CNCC1CCCN(c2c(NC(=O)c3csc(-c4ccnnc4)n3)ccc(Oc3ccccc3)c2F)C1. The maximum absolute atomic E-state index is 16.0. The van der Waals surface area contributed by atoms with E-state index in [2.05, 4.69) is 25.8 Å². The Kier molecular flexibility index (Phi) is 7.67. The number of ether oxygens (including phenoxy) is 1. The largest absolute Gasteiger partial charge is 0.454 e. The van der Waals surface area contributed by atoms with Crippen molar-refractivity contribution >= 4 is 28.6 Å². The van der Waals surface area contributed by atoms with Gasteiger partial charge >= 0.3 is 0 Å². The monoisotopic (exact) mass is 518 g/mol. The molecule has 1 aliphatic heterocycles. The Hall–Kier alpha value is -3.89. The van der Waals surface area contributed by atoms with Crippen LogP contribution in [0.5, 0.6) is 11.5 Å². The zero-order valence-corrected chi connectivity index (χ0v) is 21.2. The molecular formula is C27H27FN6O2S. The van der Waals surface area contributed by atoms with Gasteiger partial charge in [-0.1, -0.05) is 18.2 Å². The molecule has 37 heavy (non-hydrogen) atoms. The molecule has 2 aromatic carbocycles. The molecule has 2 aromatic heterocycles. The molecule has 4 aromatic rings. The van der Waals surface area contributed by atoms with Crippen LogP contribution >= 0.6 is 11.3 Å². The average Bonchev–Trinajstić information content (AvgIpc) is 3.43. The van der Waals surface area contributed by atoms with Crippen molar-refractivity contribution in [3.8, 4) is 22.1 Å². The summed E-state index contributed by atoms with van der Waals surface area (Å²) in [4.78, 5) is 19.6. The van der Waals surface area contributed by atoms with Crippen LogP contribution in [0.3, 0.4) is 0 Å². The number of para-hydroxylation sites is 1. The van der Waals surface area contributed by atoms with Gasteiger partial charge in [0.15, 0.2) is 11.6 Å². The second-order valence-corrected chi connectivity index (χ2v) is 9.68. The normalized spacial score (nSPS) is 15.4. The maximum Gasteiger partial charge on any atom is 0.275 e. The van der Waals surface area contributed by atoms with Crippen LogP contribution in [-0.2, 0) is 0 Å². The van der Waals surface area contributed by atoms with Gasteiger partial charge in [-0.3, -0.25) is 4.79 Å². The predicted octanol–water partition coefficient (Wildman–Crippen LogP) is 5.22. The lowest BCUT2D eigenvalue weighted by atomic mass is 9.97. The number of rotatable bonds is 8. The van der Waals surface area contributed by atoms with Gasteiger partial charge in [0, 0.05) is 24.0 Å². The summed E-state index contributed by atoms with van der Waals surface area (Å²) in [5, 5.41) is 16.1. The molecule has 1 fully saturated rings. The molecule has 1 atom stereocenters. The van der Waals surface area contributed by atoms with Crippen molar-refractivity contribution in [1.82, 2.24) is 20.5 Å². The van der Waals surface area contributed by atoms with E-state index in [0.717, 1.165) is 24.9 Å². The minimum atomic E-state index is -0.506. The number of hydrogen-bond donors (Lipinski definition) is 2. The first kappa shape index (κ1) is 24.8. The highest BCUT2D eigenvalue weighted by Crippen LogP contribution is 2.39. The van der Waals surface area contributed by atoms with Crippen LogP contribution in [0.1, 0.15) is 23.3 Å². The van der Waals surface area contributed by atoms with Gasteiger partial charge in [0.25, 0.3) is 5.91 Å². The van der Waals surface area contributed by atoms with E-state index in [9.17, 15) is 4.79 Å². The van der Waals surface area contributed by atoms with E-state index in [1.54, 1.807) is 48.1 Å². The van der Waals surface area contributed by atoms with Crippen LogP contribution < -0.4 is 20.3 Å². The standard InChI is InChI=1S/C27H27FN6O2S/c1-29-14-18-6-5-13-34(16-18)25-21(9-10-23(24(25)28)36-20-7-3-2-4-8-20)32-26(35)22-17-37-27(33-22)19-11-12-30-31-15-19/h2-4,7-12,15,17-18,29H,5-6,13-14,16H2,1H3,(H,32,35). The Labute approximate surface area is 218 Å². The van der Waals surface area contributed by atoms with Crippen molar-refractivity contribution in [2.75, 3.05) is 36.9 Å². The van der Waals surface area contributed by atoms with E-state index >= 15 is 4.39 Å². The molecular weight excluding hydrogens is 491 g/mol. The molecule has 2 N–H and O–H groups in total. The lowest BCUT2D eigenvalue weighted by Gasteiger charge is -2.35. The molecule has 1 unspecified atom stereocenters. The van der Waals surface area contributed by atoms with Crippen LogP contribution in [0.15, 0.2) is 66.3 Å². The van der Waals surface area contributed by atoms with Crippen molar-refractivity contribution < 1.29 is 13.9 Å². The summed E-state index contributed by atoms with van der Waals surface area (Å²) in [5.41, 5.74) is 1.74. The van der Waals surface area contributed by atoms with E-state index in [-0.39, 0.29) is 11.4 Å². The summed E-state index contributed by atoms with van der Waals surface area (Å²) in [6.07, 6.45) is 5.16. The molecule has 1 saturated heterocycles. The highest BCUT2D eigenvalue weighted by molar-refractivity contribution is 7.13. The molecule has 1 amide bonds. The molecule has 0 bridgehead atoms. The number of nitrogens with zero attached hydrogens (tertiary/aromatic N) is 4. The van der Waals surface area contributed by atoms with E-state index in [0.29, 0.717) is 41.1 Å². The molecule has 1 aliphatic rings. The zero-order chi connectivity index (χ0) is 25.6. The van der Waals surface area contributed by atoms with Crippen LogP contribution in [-0.4, -0.2) is 47.8 Å². The Morgan fingerprint density at radius 2 is 2.05 bits per heavy atom. The number of anilines is 2. The van der Waals surface area contributed by atoms with Crippen LogP contribution in [0.25, 0.3) is 10.6 Å². The van der Waals surface area contributed by atoms with Crippen molar-refractivity contribution in [3.05, 3.63) is 77.8 Å². The summed E-state index contributed by atoms with van der Waals surface area (Å²) >= 11 is 1.34. The number of amides is 1. The number of halogens is 1. The van der Waals surface area contributed by atoms with Crippen LogP contribution in [0.4, 0.5) is 15.8 Å². The lowest BCUT2D eigenvalue weighted by Crippen LogP contribution is -2.40. The number of nitrogens with one attached hydrogen (secondary N) is 2. The van der Waals surface area contributed by atoms with E-state index in [1.807, 2.05) is 30.1 Å². The number of hydrogen-bond acceptors (Lipinski definition) is 8. The number of thiazole rings is 1. The predicted molar refractivity (Wildman–Crippen MR) is 143 cm³/mol. The molecule has 0 radical (unpaired) electrons. The number of piperidine rings is 1. The first-order chi connectivity index (χ1) is 18.1. The summed E-state index contributed by atoms with van der Waals surface area (Å²) < 4.78 is 21.9. The van der Waals surface area contributed by atoms with Gasteiger partial charge in [-0.2, -0.15) is 10.2 Å². The van der Waals surface area contributed by atoms with Gasteiger partial charge in [-0.05, 0) is 62.7 Å². The van der Waals surface area contributed by atoms with Gasteiger partial charge in [0.1, 0.15) is 22.1 Å². The van der Waals surface area contributed by atoms with Gasteiger partial charge in [-0.15, -0.1) is 11.3 Å². The summed E-state index contributed by atoms with van der Waals surface area (Å²) in [6, 6.07) is 14.1. The minimum Gasteiger partial charge on any atom is -0.454 e. The fourth-order valence-electron chi connectivity index (χ4n) is 4.49. The quantitative estimate of drug-likeness (QED) is 0.330. The van der Waals surface area contributed by atoms with Crippen molar-refractivity contribution in [2.24, 2.45) is 5.92 Å². The van der Waals surface area contributed by atoms with E-state index < -0.39 is 11.7 Å². The Balaban J connectivity index is 1.45. The molecule has 8 nitrogen and oxygen atoms in total. The third-order valence-electron chi connectivity index (χ3n) is 6.20. The summed E-state index contributed by atoms with van der Waals surface area (Å²) in [7, 11) is 1.92. The van der Waals surface area contributed by atoms with Crippen LogP contribution in [0.2, 0.25) is 0 Å². The summed E-state index contributed by atoms with van der Waals surface area (Å²) in [6.45, 7) is 2.20. The molecule has 10 heteroatoms. The van der Waals surface area contributed by atoms with Gasteiger partial charge in [-0.25, -0.2) is 9.37 Å². The Morgan fingerprint density at radius 1 is 1.19 bits per heavy atom. The van der Waals surface area contributed by atoms with Gasteiger partial charge in [0.2, 0.25) is 0 Å². The topological polar surface area (TPSA) is 92.3 Å². The Bertz CT molecular complexity index is 1350. The lowest BCUT2D eigenvalue weighted by molar-refractivity contribution is 0.102. The second-order valence-electron chi connectivity index (χ2n) is 8.82. The molecule has 190 valence electrons. The third-order valence-corrected chi connectivity index (χ3v) is 7.09. The minimum absolute atomic E-state index is 0.107. The highest BCUT2D eigenvalue weighted by Gasteiger charge is 2.27. The summed E-state index contributed by atoms with van der Waals surface area (Å²) in [5.74, 6) is 0.0993. The van der Waals surface area contributed by atoms with Crippen molar-refractivity contribution in [2.45, 2.75) is 12.8 Å². The maximum atomic E-state index is 16.0. The third kappa shape index (κ3) is 5.76. The molecule has 0 saturated carbocycles. The van der Waals surface area contributed by atoms with Gasteiger partial charge < -0.3 is 20.3 Å². The fourth-order valence-corrected chi connectivity index (χ4v) is 5.28. The van der Waals surface area contributed by atoms with Gasteiger partial charge in [0.05, 0.1) is 18.1 Å². The Morgan fingerprint density at radius 3 is 2.84 bits per heavy atom. The molecule has 0 aliphatic carbocycles. The second kappa shape index (κ2) is 11.4. The van der Waals surface area contributed by atoms with Crippen molar-refractivity contribution in [3.63, 3.8) is 0 Å². The fraction of sp³-hybridized carbons (Fsp3) is 0.259. The smallest absolute Gasteiger partial charge is 0.275 e. The average molecular weight is 519 g/mol. The first-order valence-electron chi connectivity index (χ1n) is 12.1. The zero-order valence-electron chi connectivity index (χ0n) is 20.4. The van der Waals surface area contributed by atoms with Crippen LogP contribution in [0, 0.1) is 11.7 Å². The van der Waals surface area contributed by atoms with Crippen molar-refractivity contribution in [1.29, 1.82) is 0 Å². The number of carbonyl (C=O) groups excluding carboxylic acids is 1. The highest BCUT2D eigenvalue weighted by atomic mass is 32.1. The molecule has 3 heterocycles. The van der Waals surface area contributed by atoms with E-state index in [1.165, 1.54) is 11.3 Å². The number of benzene rings is 2. The first-order valence-corrected chi connectivity index (χ1v) is 13.0. The van der Waals surface area contributed by atoms with E-state index in [4.69, 9.17) is 4.74 Å². The molecule has 5 rings (SSSR count).